The molecular weight excluding hydrogens is 170 g/mol. The molecule has 76 valence electrons. The second-order valence-electron chi connectivity index (χ2n) is 3.36. The predicted octanol–water partition coefficient (Wildman–Crippen LogP) is 0.999. The minimum atomic E-state index is -0.0713. The van der Waals surface area contributed by atoms with Gasteiger partial charge in [0.1, 0.15) is 0 Å². The minimum absolute atomic E-state index is 0.0614. The molecule has 0 amide bonds. The van der Waals surface area contributed by atoms with Crippen molar-refractivity contribution in [3.05, 3.63) is 0 Å². The lowest BCUT2D eigenvalue weighted by molar-refractivity contribution is -0.150. The zero-order valence-electron chi connectivity index (χ0n) is 7.99. The molecule has 0 aromatic carbocycles. The van der Waals surface area contributed by atoms with Crippen LogP contribution in [0.25, 0.3) is 0 Å². The number of hydrogen-bond donors (Lipinski definition) is 1. The van der Waals surface area contributed by atoms with Gasteiger partial charge in [0, 0.05) is 0 Å². The van der Waals surface area contributed by atoms with Crippen molar-refractivity contribution in [2.45, 2.75) is 38.7 Å². The lowest BCUT2D eigenvalue weighted by Crippen LogP contribution is -2.28. The van der Waals surface area contributed by atoms with E-state index in [4.69, 9.17) is 15.5 Å². The highest BCUT2D eigenvalue weighted by Gasteiger charge is 2.27. The van der Waals surface area contributed by atoms with Gasteiger partial charge < -0.3 is 9.57 Å². The maximum absolute atomic E-state index is 11.3. The fourth-order valence-corrected chi connectivity index (χ4v) is 1.69. The summed E-state index contributed by atoms with van der Waals surface area (Å²) in [6, 6.07) is 0. The molecule has 0 aromatic rings. The quantitative estimate of drug-likeness (QED) is 0.529. The number of nitrogens with two attached hydrogens (primary N) is 1. The zero-order valence-corrected chi connectivity index (χ0v) is 7.99. The number of rotatable bonds is 3. The number of esters is 1. The van der Waals surface area contributed by atoms with Crippen LogP contribution >= 0.6 is 0 Å². The molecule has 1 saturated carbocycles. The molecule has 0 aromatic heterocycles. The fourth-order valence-electron chi connectivity index (χ4n) is 1.69. The van der Waals surface area contributed by atoms with Crippen molar-refractivity contribution in [2.75, 3.05) is 6.61 Å². The molecule has 0 saturated heterocycles. The van der Waals surface area contributed by atoms with Crippen LogP contribution in [-0.2, 0) is 14.4 Å². The average Bonchev–Trinajstić information content (AvgIpc) is 2.18. The van der Waals surface area contributed by atoms with E-state index < -0.39 is 0 Å². The fraction of sp³-hybridized carbons (Fsp3) is 0.889. The van der Waals surface area contributed by atoms with Gasteiger partial charge in [0.05, 0.1) is 18.6 Å². The molecular formula is C9H17NO3. The predicted molar refractivity (Wildman–Crippen MR) is 47.7 cm³/mol. The Morgan fingerprint density at radius 2 is 2.00 bits per heavy atom. The summed E-state index contributed by atoms with van der Waals surface area (Å²) < 4.78 is 4.94. The standard InChI is InChI=1S/C9H17NO3/c1-2-12-9(11)7-3-5-8(13-10)6-4-7/h7-8H,2-6,10H2,1H3. The summed E-state index contributed by atoms with van der Waals surface area (Å²) in [6.07, 6.45) is 3.52. The van der Waals surface area contributed by atoms with Gasteiger partial charge in [0.2, 0.25) is 0 Å². The van der Waals surface area contributed by atoms with Crippen molar-refractivity contribution in [1.29, 1.82) is 0 Å². The van der Waals surface area contributed by atoms with Crippen LogP contribution in [0.5, 0.6) is 0 Å². The van der Waals surface area contributed by atoms with Crippen LogP contribution in [0.2, 0.25) is 0 Å². The topological polar surface area (TPSA) is 61.5 Å². The SMILES string of the molecule is CCOC(=O)C1CCC(ON)CC1. The Hall–Kier alpha value is -0.610. The first kappa shape index (κ1) is 10.5. The highest BCUT2D eigenvalue weighted by atomic mass is 16.6. The second-order valence-corrected chi connectivity index (χ2v) is 3.36. The van der Waals surface area contributed by atoms with Crippen LogP contribution in [0.15, 0.2) is 0 Å². The largest absolute Gasteiger partial charge is 0.466 e. The minimum Gasteiger partial charge on any atom is -0.466 e. The van der Waals surface area contributed by atoms with Crippen molar-refractivity contribution in [3.8, 4) is 0 Å². The molecule has 4 nitrogen and oxygen atoms in total. The van der Waals surface area contributed by atoms with E-state index in [1.54, 1.807) is 0 Å². The zero-order chi connectivity index (χ0) is 9.68. The number of ether oxygens (including phenoxy) is 1. The average molecular weight is 187 g/mol. The molecule has 0 radical (unpaired) electrons. The Morgan fingerprint density at radius 3 is 2.46 bits per heavy atom. The highest BCUT2D eigenvalue weighted by molar-refractivity contribution is 5.72. The molecule has 1 rings (SSSR count). The molecule has 2 N–H and O–H groups in total. The van der Waals surface area contributed by atoms with E-state index in [0.717, 1.165) is 25.7 Å². The van der Waals surface area contributed by atoms with Gasteiger partial charge in [-0.25, -0.2) is 5.90 Å². The third-order valence-corrected chi connectivity index (χ3v) is 2.49. The van der Waals surface area contributed by atoms with Crippen LogP contribution in [0.4, 0.5) is 0 Å². The van der Waals surface area contributed by atoms with E-state index in [1.807, 2.05) is 6.92 Å². The Bertz CT molecular complexity index is 164. The van der Waals surface area contributed by atoms with Crippen molar-refractivity contribution < 1.29 is 14.4 Å². The number of hydrogen-bond acceptors (Lipinski definition) is 4. The van der Waals surface area contributed by atoms with Crippen LogP contribution < -0.4 is 5.90 Å². The maximum Gasteiger partial charge on any atom is 0.308 e. The van der Waals surface area contributed by atoms with Crippen molar-refractivity contribution in [1.82, 2.24) is 0 Å². The van der Waals surface area contributed by atoms with Crippen molar-refractivity contribution >= 4 is 5.97 Å². The maximum atomic E-state index is 11.3. The normalized spacial score (nSPS) is 28.5. The molecule has 13 heavy (non-hydrogen) atoms. The molecule has 0 aliphatic heterocycles. The first-order valence-corrected chi connectivity index (χ1v) is 4.80. The van der Waals surface area contributed by atoms with Gasteiger partial charge in [-0.05, 0) is 32.6 Å². The van der Waals surface area contributed by atoms with Crippen LogP contribution in [0, 0.1) is 5.92 Å². The molecule has 0 spiro atoms. The van der Waals surface area contributed by atoms with Crippen molar-refractivity contribution in [3.63, 3.8) is 0 Å². The van der Waals surface area contributed by atoms with Gasteiger partial charge in [-0.1, -0.05) is 0 Å². The van der Waals surface area contributed by atoms with Gasteiger partial charge in [0.15, 0.2) is 0 Å². The second kappa shape index (κ2) is 5.19. The summed E-state index contributed by atoms with van der Waals surface area (Å²) in [5.74, 6) is 5.06. The van der Waals surface area contributed by atoms with E-state index in [2.05, 4.69) is 0 Å². The molecule has 0 bridgehead atoms. The Morgan fingerprint density at radius 1 is 1.38 bits per heavy atom. The van der Waals surface area contributed by atoms with Crippen LogP contribution in [0.1, 0.15) is 32.6 Å². The molecule has 0 unspecified atom stereocenters. The van der Waals surface area contributed by atoms with E-state index >= 15 is 0 Å². The summed E-state index contributed by atoms with van der Waals surface area (Å²) in [5.41, 5.74) is 0. The molecule has 1 aliphatic carbocycles. The Balaban J connectivity index is 2.28. The lowest BCUT2D eigenvalue weighted by atomic mass is 9.87. The summed E-state index contributed by atoms with van der Waals surface area (Å²) in [4.78, 5) is 16.0. The number of carbonyl (C=O) groups is 1. The van der Waals surface area contributed by atoms with Gasteiger partial charge in [-0.15, -0.1) is 0 Å². The third-order valence-electron chi connectivity index (χ3n) is 2.49. The van der Waals surface area contributed by atoms with Gasteiger partial charge in [-0.2, -0.15) is 0 Å². The summed E-state index contributed by atoms with van der Waals surface area (Å²) in [7, 11) is 0. The summed E-state index contributed by atoms with van der Waals surface area (Å²) in [5, 5.41) is 0. The van der Waals surface area contributed by atoms with Crippen LogP contribution in [-0.4, -0.2) is 18.7 Å². The smallest absolute Gasteiger partial charge is 0.308 e. The molecule has 1 aliphatic rings. The molecule has 4 heteroatoms. The van der Waals surface area contributed by atoms with E-state index in [-0.39, 0.29) is 18.0 Å². The monoisotopic (exact) mass is 187 g/mol. The van der Waals surface area contributed by atoms with E-state index in [1.165, 1.54) is 0 Å². The molecule has 0 atom stereocenters. The van der Waals surface area contributed by atoms with E-state index in [0.29, 0.717) is 6.61 Å². The third kappa shape index (κ3) is 2.97. The van der Waals surface area contributed by atoms with Crippen molar-refractivity contribution in [2.24, 2.45) is 11.8 Å². The van der Waals surface area contributed by atoms with Gasteiger partial charge in [-0.3, -0.25) is 4.79 Å². The van der Waals surface area contributed by atoms with Gasteiger partial charge >= 0.3 is 5.97 Å². The highest BCUT2D eigenvalue weighted by Crippen LogP contribution is 2.26. The first-order valence-electron chi connectivity index (χ1n) is 4.80. The Labute approximate surface area is 78.3 Å². The van der Waals surface area contributed by atoms with Gasteiger partial charge in [0.25, 0.3) is 0 Å². The summed E-state index contributed by atoms with van der Waals surface area (Å²) in [6.45, 7) is 2.29. The van der Waals surface area contributed by atoms with E-state index in [9.17, 15) is 4.79 Å². The number of carbonyl (C=O) groups excluding carboxylic acids is 1. The Kier molecular flexibility index (Phi) is 4.18. The first-order chi connectivity index (χ1) is 6.27. The molecule has 1 fully saturated rings. The summed E-state index contributed by atoms with van der Waals surface area (Å²) >= 11 is 0. The lowest BCUT2D eigenvalue weighted by Gasteiger charge is -2.25. The molecule has 0 heterocycles. The van der Waals surface area contributed by atoms with Crippen LogP contribution in [0.3, 0.4) is 0 Å².